The Hall–Kier alpha value is -1.44. The molecule has 8 heteroatoms. The van der Waals surface area contributed by atoms with Gasteiger partial charge in [-0.2, -0.15) is 11.8 Å². The average molecular weight is 386 g/mol. The zero-order chi connectivity index (χ0) is 19.1. The van der Waals surface area contributed by atoms with E-state index in [1.54, 1.807) is 4.90 Å². The van der Waals surface area contributed by atoms with E-state index in [-0.39, 0.29) is 36.4 Å². The molecule has 0 aliphatic carbocycles. The number of carbonyl (C=O) groups is 3. The molecule has 2 saturated heterocycles. The molecule has 26 heavy (non-hydrogen) atoms. The van der Waals surface area contributed by atoms with Crippen LogP contribution in [0.4, 0.5) is 4.79 Å². The van der Waals surface area contributed by atoms with Gasteiger partial charge in [-0.15, -0.1) is 0 Å². The number of carboxylic acids is 1. The first-order valence-electron chi connectivity index (χ1n) is 9.54. The molecule has 4 atom stereocenters. The molecule has 148 valence electrons. The van der Waals surface area contributed by atoms with Crippen LogP contribution in [0.25, 0.3) is 0 Å². The van der Waals surface area contributed by atoms with Crippen LogP contribution in [0, 0.1) is 5.92 Å². The van der Waals surface area contributed by atoms with Crippen LogP contribution in [0.3, 0.4) is 0 Å². The summed E-state index contributed by atoms with van der Waals surface area (Å²) >= 11 is 1.91. The number of hydrogen-bond donors (Lipinski definition) is 3. The van der Waals surface area contributed by atoms with E-state index in [2.05, 4.69) is 10.6 Å². The summed E-state index contributed by atoms with van der Waals surface area (Å²) in [6.07, 6.45) is 5.40. The van der Waals surface area contributed by atoms with E-state index in [4.69, 9.17) is 5.11 Å². The average Bonchev–Trinajstić information content (AvgIpc) is 3.13. The maximum absolute atomic E-state index is 12.4. The summed E-state index contributed by atoms with van der Waals surface area (Å²) in [5.41, 5.74) is 0. The zero-order valence-electron chi connectivity index (χ0n) is 15.7. The maximum Gasteiger partial charge on any atom is 0.315 e. The molecule has 3 N–H and O–H groups in total. The van der Waals surface area contributed by atoms with Crippen LogP contribution >= 0.6 is 11.8 Å². The van der Waals surface area contributed by atoms with E-state index in [1.807, 2.05) is 25.7 Å². The Kier molecular flexibility index (Phi) is 8.06. The lowest BCUT2D eigenvalue weighted by Crippen LogP contribution is -2.37. The number of amides is 3. The van der Waals surface area contributed by atoms with E-state index in [0.29, 0.717) is 18.2 Å². The predicted molar refractivity (Wildman–Crippen MR) is 102 cm³/mol. The molecule has 2 rings (SSSR count). The minimum Gasteiger partial charge on any atom is -0.481 e. The SMILES string of the molecule is CC(CCC[C@@H]1SC[C@@H]2NC(=O)N[C@@H]21)C(=O)N(C)CCCCCC(=O)O. The molecule has 0 bridgehead atoms. The highest BCUT2D eigenvalue weighted by molar-refractivity contribution is 8.00. The van der Waals surface area contributed by atoms with Crippen LogP contribution in [-0.4, -0.2) is 64.6 Å². The van der Waals surface area contributed by atoms with Crippen LogP contribution in [0.2, 0.25) is 0 Å². The standard InChI is InChI=1S/C18H31N3O4S/c1-12(17(24)21(2)10-5-3-4-9-15(22)23)7-6-8-14-16-13(11-26-14)19-18(25)20-16/h12-14,16H,3-11H2,1-2H3,(H,22,23)(H2,19,20,25)/t12?,13-,14-,16-/m0/s1. The lowest BCUT2D eigenvalue weighted by molar-refractivity contribution is -0.137. The molecule has 2 fully saturated rings. The van der Waals surface area contributed by atoms with Crippen molar-refractivity contribution in [1.82, 2.24) is 15.5 Å². The van der Waals surface area contributed by atoms with Gasteiger partial charge >= 0.3 is 12.0 Å². The summed E-state index contributed by atoms with van der Waals surface area (Å²) in [5, 5.41) is 15.0. The molecular formula is C18H31N3O4S. The first-order valence-corrected chi connectivity index (χ1v) is 10.6. The van der Waals surface area contributed by atoms with Crippen molar-refractivity contribution in [2.45, 2.75) is 69.2 Å². The van der Waals surface area contributed by atoms with Gasteiger partial charge in [0.2, 0.25) is 5.91 Å². The molecule has 0 aromatic rings. The molecule has 7 nitrogen and oxygen atoms in total. The molecule has 0 saturated carbocycles. The van der Waals surface area contributed by atoms with E-state index in [0.717, 1.165) is 37.9 Å². The molecule has 3 amide bonds. The minimum absolute atomic E-state index is 0.00230. The first kappa shape index (κ1) is 20.9. The van der Waals surface area contributed by atoms with Crippen LogP contribution in [0.1, 0.15) is 51.9 Å². The summed E-state index contributed by atoms with van der Waals surface area (Å²) in [4.78, 5) is 36.1. The second-order valence-electron chi connectivity index (χ2n) is 7.42. The zero-order valence-corrected chi connectivity index (χ0v) is 16.5. The van der Waals surface area contributed by atoms with Crippen molar-refractivity contribution in [1.29, 1.82) is 0 Å². The van der Waals surface area contributed by atoms with Crippen molar-refractivity contribution in [2.75, 3.05) is 19.3 Å². The van der Waals surface area contributed by atoms with Crippen LogP contribution in [0.15, 0.2) is 0 Å². The third-order valence-electron chi connectivity index (χ3n) is 5.25. The summed E-state index contributed by atoms with van der Waals surface area (Å²) in [5.74, 6) is 0.365. The van der Waals surface area contributed by atoms with Gasteiger partial charge in [0.25, 0.3) is 0 Å². The Labute approximate surface area is 159 Å². The fourth-order valence-electron chi connectivity index (χ4n) is 3.68. The number of carboxylic acid groups (broad SMARTS) is 1. The van der Waals surface area contributed by atoms with Gasteiger partial charge in [-0.1, -0.05) is 19.8 Å². The molecule has 0 radical (unpaired) electrons. The number of thioether (sulfide) groups is 1. The number of carbonyl (C=O) groups excluding carboxylic acids is 2. The van der Waals surface area contributed by atoms with E-state index < -0.39 is 5.97 Å². The molecule has 0 aromatic heterocycles. The third-order valence-corrected chi connectivity index (χ3v) is 6.75. The van der Waals surface area contributed by atoms with E-state index in [1.165, 1.54) is 0 Å². The second-order valence-corrected chi connectivity index (χ2v) is 8.69. The number of fused-ring (bicyclic) bond motifs is 1. The Morgan fingerprint density at radius 3 is 2.77 bits per heavy atom. The Morgan fingerprint density at radius 1 is 1.27 bits per heavy atom. The lowest BCUT2D eigenvalue weighted by atomic mass is 9.98. The largest absolute Gasteiger partial charge is 0.481 e. The monoisotopic (exact) mass is 385 g/mol. The normalized spacial score (nSPS) is 25.3. The number of nitrogens with one attached hydrogen (secondary N) is 2. The maximum atomic E-state index is 12.4. The highest BCUT2D eigenvalue weighted by atomic mass is 32.2. The lowest BCUT2D eigenvalue weighted by Gasteiger charge is -2.22. The summed E-state index contributed by atoms with van der Waals surface area (Å²) in [6.45, 7) is 2.66. The molecule has 1 unspecified atom stereocenters. The smallest absolute Gasteiger partial charge is 0.315 e. The highest BCUT2D eigenvalue weighted by Gasteiger charge is 2.42. The van der Waals surface area contributed by atoms with Gasteiger partial charge in [0.15, 0.2) is 0 Å². The van der Waals surface area contributed by atoms with Gasteiger partial charge < -0.3 is 20.6 Å². The molecule has 2 aliphatic rings. The van der Waals surface area contributed by atoms with E-state index in [9.17, 15) is 14.4 Å². The molecule has 0 aromatic carbocycles. The Morgan fingerprint density at radius 2 is 2.04 bits per heavy atom. The van der Waals surface area contributed by atoms with Gasteiger partial charge in [0.1, 0.15) is 0 Å². The van der Waals surface area contributed by atoms with Crippen LogP contribution in [0.5, 0.6) is 0 Å². The van der Waals surface area contributed by atoms with Gasteiger partial charge in [-0.05, 0) is 25.7 Å². The van der Waals surface area contributed by atoms with Crippen molar-refractivity contribution in [3.63, 3.8) is 0 Å². The van der Waals surface area contributed by atoms with E-state index >= 15 is 0 Å². The van der Waals surface area contributed by atoms with Crippen molar-refractivity contribution < 1.29 is 19.5 Å². The number of hydrogen-bond acceptors (Lipinski definition) is 4. The highest BCUT2D eigenvalue weighted by Crippen LogP contribution is 2.33. The molecule has 2 aliphatic heterocycles. The number of rotatable bonds is 11. The number of urea groups is 1. The minimum atomic E-state index is -0.761. The Balaban J connectivity index is 1.59. The molecule has 2 heterocycles. The molecule has 0 spiro atoms. The van der Waals surface area contributed by atoms with Gasteiger partial charge in [-0.25, -0.2) is 4.79 Å². The Bertz CT molecular complexity index is 517. The topological polar surface area (TPSA) is 98.7 Å². The fraction of sp³-hybridized carbons (Fsp3) is 0.833. The number of aliphatic carboxylic acids is 1. The van der Waals surface area contributed by atoms with Crippen LogP contribution < -0.4 is 10.6 Å². The van der Waals surface area contributed by atoms with Gasteiger partial charge in [0, 0.05) is 36.9 Å². The van der Waals surface area contributed by atoms with Crippen LogP contribution in [-0.2, 0) is 9.59 Å². The fourth-order valence-corrected chi connectivity index (χ4v) is 5.22. The predicted octanol–water partition coefficient (Wildman–Crippen LogP) is 2.06. The third kappa shape index (κ3) is 6.07. The van der Waals surface area contributed by atoms with Gasteiger partial charge in [-0.3, -0.25) is 9.59 Å². The second kappa shape index (κ2) is 10.0. The van der Waals surface area contributed by atoms with Crippen molar-refractivity contribution in [2.24, 2.45) is 5.92 Å². The molecular weight excluding hydrogens is 354 g/mol. The number of unbranched alkanes of at least 4 members (excludes halogenated alkanes) is 2. The van der Waals surface area contributed by atoms with Crippen molar-refractivity contribution >= 4 is 29.7 Å². The summed E-state index contributed by atoms with van der Waals surface area (Å²) < 4.78 is 0. The first-order chi connectivity index (χ1) is 12.4. The quantitative estimate of drug-likeness (QED) is 0.373. The van der Waals surface area contributed by atoms with Crippen molar-refractivity contribution in [3.8, 4) is 0 Å². The van der Waals surface area contributed by atoms with Crippen molar-refractivity contribution in [3.05, 3.63) is 0 Å². The summed E-state index contributed by atoms with van der Waals surface area (Å²) in [7, 11) is 1.83. The van der Waals surface area contributed by atoms with Gasteiger partial charge in [0.05, 0.1) is 12.1 Å². The number of nitrogens with zero attached hydrogens (tertiary/aromatic N) is 1. The summed E-state index contributed by atoms with van der Waals surface area (Å²) in [6, 6.07) is 0.426.